The van der Waals surface area contributed by atoms with Crippen LogP contribution in [0.5, 0.6) is 5.75 Å². The normalized spacial score (nSPS) is 13.3. The summed E-state index contributed by atoms with van der Waals surface area (Å²) in [5, 5.41) is 5.61. The Kier molecular flexibility index (Phi) is 7.76. The highest BCUT2D eigenvalue weighted by Crippen LogP contribution is 2.38. The molecule has 0 bridgehead atoms. The van der Waals surface area contributed by atoms with Crippen molar-refractivity contribution in [3.05, 3.63) is 92.0 Å². The Morgan fingerprint density at radius 2 is 1.56 bits per heavy atom. The van der Waals surface area contributed by atoms with Crippen LogP contribution in [-0.4, -0.2) is 24.3 Å². The van der Waals surface area contributed by atoms with E-state index in [0.717, 1.165) is 4.90 Å². The third kappa shape index (κ3) is 5.29. The Labute approximate surface area is 226 Å². The maximum Gasteiger partial charge on any atom is 0.283 e. The molecule has 184 valence electrons. The Hall–Kier alpha value is -3.23. The van der Waals surface area contributed by atoms with E-state index < -0.39 is 11.8 Å². The molecule has 0 aromatic heterocycles. The van der Waals surface area contributed by atoms with Crippen molar-refractivity contribution in [2.75, 3.05) is 22.1 Å². The van der Waals surface area contributed by atoms with Gasteiger partial charge in [-0.15, -0.1) is 0 Å². The topological polar surface area (TPSA) is 87.7 Å². The van der Waals surface area contributed by atoms with E-state index in [1.165, 1.54) is 18.2 Å². The molecule has 0 saturated heterocycles. The molecule has 36 heavy (non-hydrogen) atoms. The van der Waals surface area contributed by atoms with Gasteiger partial charge in [-0.05, 0) is 61.5 Å². The van der Waals surface area contributed by atoms with E-state index in [-0.39, 0.29) is 37.4 Å². The number of halogens is 4. The van der Waals surface area contributed by atoms with Gasteiger partial charge < -0.3 is 15.4 Å². The first-order valence-corrected chi connectivity index (χ1v) is 12.0. The zero-order valence-electron chi connectivity index (χ0n) is 18.6. The van der Waals surface area contributed by atoms with E-state index in [1.54, 1.807) is 42.5 Å². The molecule has 0 fully saturated rings. The smallest absolute Gasteiger partial charge is 0.283 e. The average Bonchev–Trinajstić information content (AvgIpc) is 3.06. The number of nitrogens with one attached hydrogen (secondary N) is 2. The second-order valence-corrected chi connectivity index (χ2v) is 9.07. The van der Waals surface area contributed by atoms with E-state index >= 15 is 0 Å². The fourth-order valence-corrected chi connectivity index (χ4v) is 4.24. The first-order chi connectivity index (χ1) is 17.2. The van der Waals surface area contributed by atoms with E-state index in [0.29, 0.717) is 29.3 Å². The van der Waals surface area contributed by atoms with Gasteiger partial charge in [-0.1, -0.05) is 52.5 Å². The molecule has 1 aliphatic heterocycles. The maximum absolute atomic E-state index is 13.1. The minimum Gasteiger partial charge on any atom is -0.494 e. The summed E-state index contributed by atoms with van der Waals surface area (Å²) in [6.07, 6.45) is 0. The van der Waals surface area contributed by atoms with Crippen LogP contribution in [0.4, 0.5) is 17.1 Å². The van der Waals surface area contributed by atoms with Gasteiger partial charge in [0.05, 0.1) is 27.4 Å². The summed E-state index contributed by atoms with van der Waals surface area (Å²) in [4.78, 5) is 39.4. The van der Waals surface area contributed by atoms with Crippen molar-refractivity contribution in [1.82, 2.24) is 0 Å². The molecular weight excluding hydrogens is 548 g/mol. The highest BCUT2D eigenvalue weighted by Gasteiger charge is 2.40. The molecule has 0 atom stereocenters. The molecule has 0 aliphatic carbocycles. The number of carbonyl (C=O) groups excluding carboxylic acids is 3. The molecule has 0 spiro atoms. The van der Waals surface area contributed by atoms with Crippen molar-refractivity contribution in [2.45, 2.75) is 6.92 Å². The summed E-state index contributed by atoms with van der Waals surface area (Å²) in [5.41, 5.74) is 1.13. The minimum absolute atomic E-state index is 0.0412. The van der Waals surface area contributed by atoms with Gasteiger partial charge in [-0.25, -0.2) is 4.90 Å². The van der Waals surface area contributed by atoms with Gasteiger partial charge >= 0.3 is 0 Å². The SMILES string of the molecule is CCOc1ccc(NC(=O)c2cccc(NC3=C(Cl)C(=O)N(c4cc(Cl)c(Cl)cc4Cl)C3=O)c2)cc1. The number of hydrogen-bond donors (Lipinski definition) is 2. The van der Waals surface area contributed by atoms with Crippen LogP contribution in [0.2, 0.25) is 15.1 Å². The van der Waals surface area contributed by atoms with Crippen LogP contribution < -0.4 is 20.3 Å². The van der Waals surface area contributed by atoms with E-state index in [9.17, 15) is 14.4 Å². The number of hydrogen-bond acceptors (Lipinski definition) is 5. The van der Waals surface area contributed by atoms with Crippen LogP contribution in [0.3, 0.4) is 0 Å². The lowest BCUT2D eigenvalue weighted by atomic mass is 10.1. The lowest BCUT2D eigenvalue weighted by Crippen LogP contribution is -2.32. The van der Waals surface area contributed by atoms with Crippen LogP contribution >= 0.6 is 46.4 Å². The number of benzene rings is 3. The third-order valence-corrected chi connectivity index (χ3v) is 6.45. The van der Waals surface area contributed by atoms with Crippen molar-refractivity contribution >= 4 is 81.2 Å². The Bertz CT molecular complexity index is 1410. The second kappa shape index (κ2) is 10.8. The second-order valence-electron chi connectivity index (χ2n) is 7.47. The molecule has 3 amide bonds. The van der Waals surface area contributed by atoms with Gasteiger partial charge in [-0.3, -0.25) is 14.4 Å². The molecule has 11 heteroatoms. The number of rotatable bonds is 7. The number of ether oxygens (including phenoxy) is 1. The van der Waals surface area contributed by atoms with Crippen LogP contribution in [0.1, 0.15) is 17.3 Å². The van der Waals surface area contributed by atoms with Gasteiger partial charge in [0.25, 0.3) is 17.7 Å². The van der Waals surface area contributed by atoms with Crippen LogP contribution in [0.15, 0.2) is 71.4 Å². The third-order valence-electron chi connectivity index (χ3n) is 5.08. The maximum atomic E-state index is 13.1. The first-order valence-electron chi connectivity index (χ1n) is 10.5. The molecule has 2 N–H and O–H groups in total. The lowest BCUT2D eigenvalue weighted by molar-refractivity contribution is -0.120. The standard InChI is InChI=1S/C25H17Cl4N3O4/c1-2-36-16-8-6-14(7-9-16)31-23(33)13-4-3-5-15(10-13)30-22-21(29)24(34)32(25(22)35)20-12-18(27)17(26)11-19(20)28/h3-12,30H,2H2,1H3,(H,31,33). The Balaban J connectivity index is 1.52. The molecule has 1 aliphatic rings. The summed E-state index contributed by atoms with van der Waals surface area (Å²) in [6.45, 7) is 2.42. The summed E-state index contributed by atoms with van der Waals surface area (Å²) in [6, 6.07) is 16.0. The van der Waals surface area contributed by atoms with Crippen molar-refractivity contribution in [1.29, 1.82) is 0 Å². The van der Waals surface area contributed by atoms with Gasteiger partial charge in [0.1, 0.15) is 16.5 Å². The number of nitrogens with zero attached hydrogens (tertiary/aromatic N) is 1. The minimum atomic E-state index is -0.783. The zero-order valence-corrected chi connectivity index (χ0v) is 21.6. The fraction of sp³-hybridized carbons (Fsp3) is 0.0800. The highest BCUT2D eigenvalue weighted by atomic mass is 35.5. The Morgan fingerprint density at radius 1 is 0.861 bits per heavy atom. The summed E-state index contributed by atoms with van der Waals surface area (Å²) in [7, 11) is 0. The zero-order chi connectivity index (χ0) is 26.0. The van der Waals surface area contributed by atoms with Crippen LogP contribution in [0.25, 0.3) is 0 Å². The van der Waals surface area contributed by atoms with Crippen molar-refractivity contribution < 1.29 is 19.1 Å². The molecule has 7 nitrogen and oxygen atoms in total. The fourth-order valence-electron chi connectivity index (χ4n) is 3.40. The largest absolute Gasteiger partial charge is 0.494 e. The van der Waals surface area contributed by atoms with Gasteiger partial charge in [-0.2, -0.15) is 0 Å². The van der Waals surface area contributed by atoms with Crippen molar-refractivity contribution in [2.24, 2.45) is 0 Å². The summed E-state index contributed by atoms with van der Waals surface area (Å²) >= 11 is 24.4. The number of anilines is 3. The van der Waals surface area contributed by atoms with Gasteiger partial charge in [0.15, 0.2) is 0 Å². The molecule has 0 unspecified atom stereocenters. The summed E-state index contributed by atoms with van der Waals surface area (Å²) < 4.78 is 5.40. The molecule has 1 heterocycles. The molecular formula is C25H17Cl4N3O4. The summed E-state index contributed by atoms with van der Waals surface area (Å²) in [5.74, 6) is -1.21. The molecule has 3 aromatic carbocycles. The number of carbonyl (C=O) groups is 3. The van der Waals surface area contributed by atoms with E-state index in [2.05, 4.69) is 10.6 Å². The van der Waals surface area contributed by atoms with E-state index in [1.807, 2.05) is 6.92 Å². The number of imide groups is 1. The molecule has 0 saturated carbocycles. The predicted octanol–water partition coefficient (Wildman–Crippen LogP) is 6.73. The van der Waals surface area contributed by atoms with Crippen molar-refractivity contribution in [3.8, 4) is 5.75 Å². The average molecular weight is 565 g/mol. The quantitative estimate of drug-likeness (QED) is 0.245. The Morgan fingerprint density at radius 3 is 2.25 bits per heavy atom. The van der Waals surface area contributed by atoms with Crippen LogP contribution in [0, 0.1) is 0 Å². The highest BCUT2D eigenvalue weighted by molar-refractivity contribution is 6.54. The van der Waals surface area contributed by atoms with E-state index in [4.69, 9.17) is 51.1 Å². The predicted molar refractivity (Wildman–Crippen MR) is 142 cm³/mol. The lowest BCUT2D eigenvalue weighted by Gasteiger charge is -2.17. The van der Waals surface area contributed by atoms with Crippen LogP contribution in [-0.2, 0) is 9.59 Å². The van der Waals surface area contributed by atoms with Gasteiger partial charge in [0.2, 0.25) is 0 Å². The molecule has 3 aromatic rings. The van der Waals surface area contributed by atoms with Gasteiger partial charge in [0, 0.05) is 16.9 Å². The number of amides is 3. The molecule has 0 radical (unpaired) electrons. The van der Waals surface area contributed by atoms with Crippen molar-refractivity contribution in [3.63, 3.8) is 0 Å². The molecule has 4 rings (SSSR count). The first kappa shape index (κ1) is 25.9. The monoisotopic (exact) mass is 563 g/mol.